The summed E-state index contributed by atoms with van der Waals surface area (Å²) in [6.07, 6.45) is 7.36. The minimum absolute atomic E-state index is 0.740. The van der Waals surface area contributed by atoms with E-state index in [9.17, 15) is 0 Å². The number of hydrogen-bond donors (Lipinski definition) is 1. The van der Waals surface area contributed by atoms with E-state index in [4.69, 9.17) is 4.98 Å². The third kappa shape index (κ3) is 3.77. The molecule has 2 aromatic rings. The fourth-order valence-electron chi connectivity index (χ4n) is 2.03. The van der Waals surface area contributed by atoms with Gasteiger partial charge in [0.2, 0.25) is 0 Å². The maximum Gasteiger partial charge on any atom is 0.185 e. The quantitative estimate of drug-likeness (QED) is 0.850. The number of rotatable bonds is 7. The van der Waals surface area contributed by atoms with Crippen LogP contribution in [0.1, 0.15) is 24.1 Å². The molecule has 3 rings (SSSR count). The van der Waals surface area contributed by atoms with Gasteiger partial charge in [-0.2, -0.15) is 0 Å². The molecule has 0 aromatic carbocycles. The highest BCUT2D eigenvalue weighted by Crippen LogP contribution is 2.22. The number of hydrogen-bond acceptors (Lipinski definition) is 5. The van der Waals surface area contributed by atoms with E-state index in [-0.39, 0.29) is 0 Å². The molecule has 1 saturated carbocycles. The van der Waals surface area contributed by atoms with Gasteiger partial charge in [0.15, 0.2) is 5.13 Å². The smallest absolute Gasteiger partial charge is 0.185 e. The first-order valence-electron chi connectivity index (χ1n) is 7.09. The molecule has 0 saturated heterocycles. The molecule has 1 N–H and O–H groups in total. The van der Waals surface area contributed by atoms with Crippen LogP contribution < -0.4 is 10.2 Å². The molecule has 0 unspecified atom stereocenters. The van der Waals surface area contributed by atoms with Crippen LogP contribution in [0.4, 0.5) is 5.13 Å². The normalized spacial score (nSPS) is 14.4. The SMILES string of the molecule is CN(CCc1ccncc1)c1nc(CNC2CC2)cs1. The highest BCUT2D eigenvalue weighted by molar-refractivity contribution is 7.13. The van der Waals surface area contributed by atoms with Crippen molar-refractivity contribution in [3.8, 4) is 0 Å². The lowest BCUT2D eigenvalue weighted by Crippen LogP contribution is -2.20. The predicted molar refractivity (Wildman–Crippen MR) is 83.2 cm³/mol. The summed E-state index contributed by atoms with van der Waals surface area (Å²) in [5.74, 6) is 0. The Morgan fingerprint density at radius 1 is 1.35 bits per heavy atom. The van der Waals surface area contributed by atoms with Crippen molar-refractivity contribution in [1.82, 2.24) is 15.3 Å². The fourth-order valence-corrected chi connectivity index (χ4v) is 2.85. The summed E-state index contributed by atoms with van der Waals surface area (Å²) in [5.41, 5.74) is 2.48. The van der Waals surface area contributed by atoms with Gasteiger partial charge in [0.05, 0.1) is 5.69 Å². The molecule has 2 heterocycles. The zero-order valence-electron chi connectivity index (χ0n) is 11.7. The van der Waals surface area contributed by atoms with Gasteiger partial charge in [0, 0.05) is 44.0 Å². The molecule has 0 amide bonds. The Bertz CT molecular complexity index is 536. The van der Waals surface area contributed by atoms with Crippen molar-refractivity contribution in [3.63, 3.8) is 0 Å². The van der Waals surface area contributed by atoms with Gasteiger partial charge in [0.1, 0.15) is 0 Å². The van der Waals surface area contributed by atoms with Crippen LogP contribution in [-0.2, 0) is 13.0 Å². The van der Waals surface area contributed by atoms with Gasteiger partial charge in [-0.25, -0.2) is 4.98 Å². The van der Waals surface area contributed by atoms with Crippen molar-refractivity contribution >= 4 is 16.5 Å². The maximum atomic E-state index is 4.69. The average Bonchev–Trinajstić information content (AvgIpc) is 3.20. The van der Waals surface area contributed by atoms with Gasteiger partial charge in [-0.15, -0.1) is 11.3 Å². The van der Waals surface area contributed by atoms with E-state index >= 15 is 0 Å². The van der Waals surface area contributed by atoms with Crippen molar-refractivity contribution in [1.29, 1.82) is 0 Å². The Balaban J connectivity index is 1.49. The van der Waals surface area contributed by atoms with Gasteiger partial charge in [0.25, 0.3) is 0 Å². The predicted octanol–water partition coefficient (Wildman–Crippen LogP) is 2.47. The number of pyridine rings is 1. The van der Waals surface area contributed by atoms with E-state index < -0.39 is 0 Å². The lowest BCUT2D eigenvalue weighted by molar-refractivity contribution is 0.676. The number of nitrogens with one attached hydrogen (secondary N) is 1. The molecule has 106 valence electrons. The molecular weight excluding hydrogens is 268 g/mol. The Hall–Kier alpha value is -1.46. The van der Waals surface area contributed by atoms with Crippen LogP contribution in [0.25, 0.3) is 0 Å². The van der Waals surface area contributed by atoms with Crippen LogP contribution in [0.15, 0.2) is 29.9 Å². The summed E-state index contributed by atoms with van der Waals surface area (Å²) >= 11 is 1.73. The standard InChI is InChI=1S/C15H20N4S/c1-19(9-6-12-4-7-16-8-5-12)15-18-14(11-20-15)10-17-13-2-3-13/h4-5,7-8,11,13,17H,2-3,6,9-10H2,1H3. The molecule has 0 spiro atoms. The minimum atomic E-state index is 0.740. The van der Waals surface area contributed by atoms with Crippen molar-refractivity contribution < 1.29 is 0 Å². The first kappa shape index (κ1) is 13.5. The molecule has 1 aliphatic carbocycles. The van der Waals surface area contributed by atoms with Gasteiger partial charge in [-0.05, 0) is 37.0 Å². The number of likely N-dealkylation sites (N-methyl/N-ethyl adjacent to an activating group) is 1. The second-order valence-corrected chi connectivity index (χ2v) is 6.14. The Labute approximate surface area is 123 Å². The zero-order chi connectivity index (χ0) is 13.8. The highest BCUT2D eigenvalue weighted by Gasteiger charge is 2.20. The Morgan fingerprint density at radius 2 is 2.15 bits per heavy atom. The van der Waals surface area contributed by atoms with E-state index in [1.807, 2.05) is 12.4 Å². The largest absolute Gasteiger partial charge is 0.351 e. The molecule has 0 aliphatic heterocycles. The number of aromatic nitrogens is 2. The second-order valence-electron chi connectivity index (χ2n) is 5.30. The van der Waals surface area contributed by atoms with Crippen LogP contribution in [0, 0.1) is 0 Å². The Morgan fingerprint density at radius 3 is 2.90 bits per heavy atom. The van der Waals surface area contributed by atoms with E-state index in [0.717, 1.165) is 36.4 Å². The highest BCUT2D eigenvalue weighted by atomic mass is 32.1. The van der Waals surface area contributed by atoms with Gasteiger partial charge < -0.3 is 10.2 Å². The molecule has 0 radical (unpaired) electrons. The van der Waals surface area contributed by atoms with Crippen molar-refractivity contribution in [2.45, 2.75) is 31.8 Å². The number of anilines is 1. The van der Waals surface area contributed by atoms with E-state index in [0.29, 0.717) is 0 Å². The minimum Gasteiger partial charge on any atom is -0.351 e. The fraction of sp³-hybridized carbons (Fsp3) is 0.467. The van der Waals surface area contributed by atoms with Crippen LogP contribution in [0.2, 0.25) is 0 Å². The topological polar surface area (TPSA) is 41.1 Å². The molecule has 1 fully saturated rings. The molecule has 20 heavy (non-hydrogen) atoms. The number of thiazole rings is 1. The first-order chi connectivity index (χ1) is 9.81. The summed E-state index contributed by atoms with van der Waals surface area (Å²) in [6.45, 7) is 1.88. The molecule has 2 aromatic heterocycles. The van der Waals surface area contributed by atoms with Crippen molar-refractivity contribution in [2.24, 2.45) is 0 Å². The second kappa shape index (κ2) is 6.33. The lowest BCUT2D eigenvalue weighted by Gasteiger charge is -2.15. The summed E-state index contributed by atoms with van der Waals surface area (Å²) in [5, 5.41) is 6.77. The van der Waals surface area contributed by atoms with Gasteiger partial charge in [-0.1, -0.05) is 0 Å². The lowest BCUT2D eigenvalue weighted by atomic mass is 10.2. The van der Waals surface area contributed by atoms with Crippen LogP contribution >= 0.6 is 11.3 Å². The Kier molecular flexibility index (Phi) is 4.28. The summed E-state index contributed by atoms with van der Waals surface area (Å²) in [7, 11) is 2.11. The molecule has 1 aliphatic rings. The first-order valence-corrected chi connectivity index (χ1v) is 7.97. The monoisotopic (exact) mass is 288 g/mol. The average molecular weight is 288 g/mol. The van der Waals surface area contributed by atoms with Crippen LogP contribution in [0.3, 0.4) is 0 Å². The van der Waals surface area contributed by atoms with E-state index in [1.54, 1.807) is 11.3 Å². The van der Waals surface area contributed by atoms with Crippen LogP contribution in [-0.4, -0.2) is 29.6 Å². The zero-order valence-corrected chi connectivity index (χ0v) is 12.6. The molecule has 0 atom stereocenters. The van der Waals surface area contributed by atoms with Gasteiger partial charge in [-0.3, -0.25) is 4.98 Å². The van der Waals surface area contributed by atoms with Crippen molar-refractivity contribution in [3.05, 3.63) is 41.2 Å². The summed E-state index contributed by atoms with van der Waals surface area (Å²) < 4.78 is 0. The summed E-state index contributed by atoms with van der Waals surface area (Å²) in [6, 6.07) is 4.88. The molecule has 0 bridgehead atoms. The summed E-state index contributed by atoms with van der Waals surface area (Å²) in [4.78, 5) is 11.0. The van der Waals surface area contributed by atoms with Crippen LogP contribution in [0.5, 0.6) is 0 Å². The third-order valence-corrected chi connectivity index (χ3v) is 4.50. The van der Waals surface area contributed by atoms with E-state index in [1.165, 1.54) is 18.4 Å². The number of nitrogens with zero attached hydrogens (tertiary/aromatic N) is 3. The molecule has 4 nitrogen and oxygen atoms in total. The van der Waals surface area contributed by atoms with Crippen molar-refractivity contribution in [2.75, 3.05) is 18.5 Å². The van der Waals surface area contributed by atoms with Gasteiger partial charge >= 0.3 is 0 Å². The third-order valence-electron chi connectivity index (χ3n) is 3.50. The molecular formula is C15H20N4S. The molecule has 5 heteroatoms. The maximum absolute atomic E-state index is 4.69. The van der Waals surface area contributed by atoms with E-state index in [2.05, 4.69) is 39.8 Å².